The van der Waals surface area contributed by atoms with Crippen LogP contribution < -0.4 is 10.1 Å². The Balaban J connectivity index is 1.59. The average molecular weight is 293 g/mol. The number of nitrogens with one attached hydrogen (secondary N) is 1. The van der Waals surface area contributed by atoms with Crippen molar-refractivity contribution in [1.29, 1.82) is 0 Å². The second-order valence-electron chi connectivity index (χ2n) is 5.34. The lowest BCUT2D eigenvalue weighted by atomic mass is 10.1. The molecular formula is C17H27NO3. The van der Waals surface area contributed by atoms with Crippen LogP contribution in [0.5, 0.6) is 5.75 Å². The van der Waals surface area contributed by atoms with Gasteiger partial charge in [-0.2, -0.15) is 0 Å². The Morgan fingerprint density at radius 3 is 3.05 bits per heavy atom. The van der Waals surface area contributed by atoms with E-state index < -0.39 is 0 Å². The molecule has 0 bridgehead atoms. The largest absolute Gasteiger partial charge is 0.491 e. The molecule has 1 atom stereocenters. The van der Waals surface area contributed by atoms with Gasteiger partial charge in [0.2, 0.25) is 0 Å². The van der Waals surface area contributed by atoms with E-state index in [1.807, 2.05) is 12.1 Å². The molecule has 0 aliphatic carbocycles. The van der Waals surface area contributed by atoms with Crippen molar-refractivity contribution in [3.05, 3.63) is 29.8 Å². The second kappa shape index (κ2) is 9.77. The second-order valence-corrected chi connectivity index (χ2v) is 5.34. The zero-order valence-electron chi connectivity index (χ0n) is 13.0. The van der Waals surface area contributed by atoms with E-state index in [2.05, 4.69) is 24.4 Å². The normalized spacial score (nSPS) is 18.6. The van der Waals surface area contributed by atoms with Gasteiger partial charge in [0.1, 0.15) is 12.4 Å². The average Bonchev–Trinajstić information content (AvgIpc) is 2.54. The Morgan fingerprint density at radius 2 is 2.24 bits per heavy atom. The summed E-state index contributed by atoms with van der Waals surface area (Å²) < 4.78 is 17.0. The van der Waals surface area contributed by atoms with Crippen LogP contribution >= 0.6 is 0 Å². The molecule has 21 heavy (non-hydrogen) atoms. The third kappa shape index (κ3) is 6.46. The SMILES string of the molecule is CCNCc1cccc(OCCOCC2CCCCO2)c1. The molecule has 4 nitrogen and oxygen atoms in total. The van der Waals surface area contributed by atoms with Gasteiger partial charge in [0.15, 0.2) is 0 Å². The van der Waals surface area contributed by atoms with E-state index in [-0.39, 0.29) is 6.10 Å². The zero-order chi connectivity index (χ0) is 14.8. The van der Waals surface area contributed by atoms with E-state index in [1.54, 1.807) is 0 Å². The minimum atomic E-state index is 0.280. The first-order chi connectivity index (χ1) is 10.4. The first-order valence-electron chi connectivity index (χ1n) is 8.00. The lowest BCUT2D eigenvalue weighted by Crippen LogP contribution is -2.25. The highest BCUT2D eigenvalue weighted by atomic mass is 16.5. The van der Waals surface area contributed by atoms with E-state index in [9.17, 15) is 0 Å². The van der Waals surface area contributed by atoms with Crippen LogP contribution in [0.3, 0.4) is 0 Å². The van der Waals surface area contributed by atoms with Gasteiger partial charge in [0.25, 0.3) is 0 Å². The molecule has 0 saturated carbocycles. The topological polar surface area (TPSA) is 39.7 Å². The number of rotatable bonds is 9. The van der Waals surface area contributed by atoms with Crippen LogP contribution in [0.2, 0.25) is 0 Å². The maximum absolute atomic E-state index is 5.72. The van der Waals surface area contributed by atoms with Crippen molar-refractivity contribution in [1.82, 2.24) is 5.32 Å². The smallest absolute Gasteiger partial charge is 0.119 e. The minimum Gasteiger partial charge on any atom is -0.491 e. The van der Waals surface area contributed by atoms with Crippen molar-refractivity contribution in [2.45, 2.75) is 38.8 Å². The molecule has 1 aromatic carbocycles. The van der Waals surface area contributed by atoms with Crippen molar-refractivity contribution >= 4 is 0 Å². The summed E-state index contributed by atoms with van der Waals surface area (Å²) in [4.78, 5) is 0. The first-order valence-corrected chi connectivity index (χ1v) is 8.00. The molecule has 2 rings (SSSR count). The predicted molar refractivity (Wildman–Crippen MR) is 83.7 cm³/mol. The highest BCUT2D eigenvalue weighted by molar-refractivity contribution is 5.28. The van der Waals surface area contributed by atoms with Gasteiger partial charge in [-0.3, -0.25) is 0 Å². The Hall–Kier alpha value is -1.10. The molecule has 1 aromatic rings. The molecule has 1 aliphatic rings. The van der Waals surface area contributed by atoms with Crippen LogP contribution in [-0.4, -0.2) is 39.1 Å². The van der Waals surface area contributed by atoms with E-state index in [1.165, 1.54) is 18.4 Å². The van der Waals surface area contributed by atoms with Gasteiger partial charge in [-0.05, 0) is 43.5 Å². The van der Waals surface area contributed by atoms with Gasteiger partial charge in [-0.15, -0.1) is 0 Å². The molecule has 1 unspecified atom stereocenters. The molecule has 1 heterocycles. The molecule has 0 spiro atoms. The van der Waals surface area contributed by atoms with E-state index in [0.717, 1.165) is 31.9 Å². The number of benzene rings is 1. The Labute approximate surface area is 127 Å². The molecule has 1 aliphatic heterocycles. The first kappa shape index (κ1) is 16.3. The van der Waals surface area contributed by atoms with Gasteiger partial charge in [0.05, 0.1) is 19.3 Å². The third-order valence-corrected chi connectivity index (χ3v) is 3.55. The van der Waals surface area contributed by atoms with E-state index >= 15 is 0 Å². The van der Waals surface area contributed by atoms with Crippen molar-refractivity contribution in [2.75, 3.05) is 33.0 Å². The molecule has 1 fully saturated rings. The molecule has 0 radical (unpaired) electrons. The van der Waals surface area contributed by atoms with Gasteiger partial charge in [0, 0.05) is 13.2 Å². The zero-order valence-corrected chi connectivity index (χ0v) is 13.0. The van der Waals surface area contributed by atoms with E-state index in [0.29, 0.717) is 19.8 Å². The molecule has 0 aromatic heterocycles. The van der Waals surface area contributed by atoms with E-state index in [4.69, 9.17) is 14.2 Å². The summed E-state index contributed by atoms with van der Waals surface area (Å²) in [5, 5.41) is 3.31. The van der Waals surface area contributed by atoms with Gasteiger partial charge >= 0.3 is 0 Å². The maximum atomic E-state index is 5.72. The summed E-state index contributed by atoms with van der Waals surface area (Å²) in [5.74, 6) is 0.905. The maximum Gasteiger partial charge on any atom is 0.119 e. The fourth-order valence-electron chi connectivity index (χ4n) is 2.39. The number of hydrogen-bond donors (Lipinski definition) is 1. The predicted octanol–water partition coefficient (Wildman–Crippen LogP) is 2.76. The van der Waals surface area contributed by atoms with Crippen molar-refractivity contribution in [3.63, 3.8) is 0 Å². The van der Waals surface area contributed by atoms with Gasteiger partial charge < -0.3 is 19.5 Å². The Morgan fingerprint density at radius 1 is 1.29 bits per heavy atom. The van der Waals surface area contributed by atoms with Crippen molar-refractivity contribution in [3.8, 4) is 5.75 Å². The summed E-state index contributed by atoms with van der Waals surface area (Å²) in [7, 11) is 0. The molecule has 118 valence electrons. The van der Waals surface area contributed by atoms with Crippen LogP contribution in [0.25, 0.3) is 0 Å². The summed E-state index contributed by atoms with van der Waals surface area (Å²) in [6.07, 6.45) is 3.83. The number of hydrogen-bond acceptors (Lipinski definition) is 4. The highest BCUT2D eigenvalue weighted by Gasteiger charge is 2.13. The monoisotopic (exact) mass is 293 g/mol. The summed E-state index contributed by atoms with van der Waals surface area (Å²) in [6, 6.07) is 8.19. The Kier molecular flexibility index (Phi) is 7.57. The third-order valence-electron chi connectivity index (χ3n) is 3.55. The van der Waals surface area contributed by atoms with Crippen molar-refractivity contribution in [2.24, 2.45) is 0 Å². The van der Waals surface area contributed by atoms with Crippen LogP contribution in [0.15, 0.2) is 24.3 Å². The molecular weight excluding hydrogens is 266 g/mol. The molecule has 1 N–H and O–H groups in total. The molecule has 1 saturated heterocycles. The fourth-order valence-corrected chi connectivity index (χ4v) is 2.39. The standard InChI is InChI=1S/C17H27NO3/c1-2-18-13-15-6-5-8-16(12-15)21-11-10-19-14-17-7-3-4-9-20-17/h5-6,8,12,17-18H,2-4,7,9-11,13-14H2,1H3. The fraction of sp³-hybridized carbons (Fsp3) is 0.647. The van der Waals surface area contributed by atoms with Crippen LogP contribution in [0.4, 0.5) is 0 Å². The summed E-state index contributed by atoms with van der Waals surface area (Å²) >= 11 is 0. The van der Waals surface area contributed by atoms with Crippen LogP contribution in [-0.2, 0) is 16.0 Å². The number of ether oxygens (including phenoxy) is 3. The highest BCUT2D eigenvalue weighted by Crippen LogP contribution is 2.14. The lowest BCUT2D eigenvalue weighted by molar-refractivity contribution is -0.0444. The van der Waals surface area contributed by atoms with Gasteiger partial charge in [-0.25, -0.2) is 0 Å². The Bertz CT molecular complexity index is 391. The quantitative estimate of drug-likeness (QED) is 0.711. The minimum absolute atomic E-state index is 0.280. The van der Waals surface area contributed by atoms with Crippen LogP contribution in [0.1, 0.15) is 31.7 Å². The molecule has 4 heteroatoms. The van der Waals surface area contributed by atoms with Gasteiger partial charge in [-0.1, -0.05) is 19.1 Å². The van der Waals surface area contributed by atoms with Crippen molar-refractivity contribution < 1.29 is 14.2 Å². The summed E-state index contributed by atoms with van der Waals surface area (Å²) in [5.41, 5.74) is 1.24. The molecule has 0 amide bonds. The summed E-state index contributed by atoms with van der Waals surface area (Å²) in [6.45, 7) is 6.71. The lowest BCUT2D eigenvalue weighted by Gasteiger charge is -2.22. The van der Waals surface area contributed by atoms with Crippen LogP contribution in [0, 0.1) is 0 Å².